The smallest absolute Gasteiger partial charge is 0.0897 e. The summed E-state index contributed by atoms with van der Waals surface area (Å²) in [6, 6.07) is 6.10. The van der Waals surface area contributed by atoms with Gasteiger partial charge in [-0.05, 0) is 12.8 Å². The average Bonchev–Trinajstić information content (AvgIpc) is 2.34. The fraction of sp³-hybridized carbons (Fsp3) is 0.750. The van der Waals surface area contributed by atoms with Crippen LogP contribution in [0.2, 0.25) is 0 Å². The quantitative estimate of drug-likeness (QED) is 0.464. The second-order valence-electron chi connectivity index (χ2n) is 4.01. The summed E-state index contributed by atoms with van der Waals surface area (Å²) < 4.78 is 12.4. The van der Waals surface area contributed by atoms with Gasteiger partial charge in [-0.25, -0.2) is 0 Å². The summed E-state index contributed by atoms with van der Waals surface area (Å²) in [4.78, 5) is 0. The van der Waals surface area contributed by atoms with E-state index in [-0.39, 0.29) is 0 Å². The Morgan fingerprint density at radius 3 is 1.71 bits per heavy atom. The van der Waals surface area contributed by atoms with Crippen LogP contribution in [0.1, 0.15) is 38.5 Å². The van der Waals surface area contributed by atoms with Crippen molar-refractivity contribution in [3.8, 4) is 18.2 Å². The molecule has 0 amide bonds. The van der Waals surface area contributed by atoms with Crippen LogP contribution in [0.3, 0.4) is 0 Å². The Morgan fingerprint density at radius 1 is 0.706 bits per heavy atom. The molecule has 0 aromatic heterocycles. The van der Waals surface area contributed by atoms with Crippen LogP contribution >= 0.6 is 7.14 Å². The third-order valence-electron chi connectivity index (χ3n) is 2.62. The van der Waals surface area contributed by atoms with Crippen molar-refractivity contribution in [2.75, 3.05) is 18.5 Å². The average molecular weight is 251 g/mol. The molecule has 0 bridgehead atoms. The Hall–Kier alpha value is -1.30. The molecule has 0 aromatic carbocycles. The van der Waals surface area contributed by atoms with Gasteiger partial charge in [0.25, 0.3) is 0 Å². The van der Waals surface area contributed by atoms with Gasteiger partial charge in [-0.15, -0.1) is 0 Å². The molecule has 0 fully saturated rings. The molecule has 0 N–H and O–H groups in total. The highest BCUT2D eigenvalue weighted by Gasteiger charge is 2.20. The summed E-state index contributed by atoms with van der Waals surface area (Å²) in [6.45, 7) is 0. The number of nitrogens with zero attached hydrogens (tertiary/aromatic N) is 3. The molecule has 0 aliphatic carbocycles. The third kappa shape index (κ3) is 8.50. The Morgan fingerprint density at radius 2 is 1.24 bits per heavy atom. The highest BCUT2D eigenvalue weighted by molar-refractivity contribution is 7.63. The Balaban J connectivity index is 4.03. The molecule has 0 rings (SSSR count). The fourth-order valence-corrected chi connectivity index (χ4v) is 4.11. The molecule has 0 heterocycles. The molecule has 0 saturated carbocycles. The van der Waals surface area contributed by atoms with E-state index in [1.165, 1.54) is 0 Å². The topological polar surface area (TPSA) is 88.4 Å². The summed E-state index contributed by atoms with van der Waals surface area (Å²) in [5.41, 5.74) is 0. The molecule has 0 spiro atoms. The minimum absolute atomic E-state index is 0.306. The van der Waals surface area contributed by atoms with E-state index in [9.17, 15) is 4.57 Å². The molecule has 0 atom stereocenters. The molecule has 0 aliphatic heterocycles. The van der Waals surface area contributed by atoms with Gasteiger partial charge in [-0.2, -0.15) is 15.8 Å². The lowest BCUT2D eigenvalue weighted by molar-refractivity contribution is 0.570. The van der Waals surface area contributed by atoms with E-state index in [2.05, 4.69) is 6.07 Å². The number of hydrogen-bond acceptors (Lipinski definition) is 4. The maximum atomic E-state index is 12.4. The molecular formula is C12H18N3OP. The predicted octanol–water partition coefficient (Wildman–Crippen LogP) is 3.26. The number of rotatable bonds is 9. The van der Waals surface area contributed by atoms with Gasteiger partial charge in [0.15, 0.2) is 0 Å². The fourth-order valence-electron chi connectivity index (χ4n) is 1.62. The molecule has 0 aromatic rings. The van der Waals surface area contributed by atoms with Crippen LogP contribution in [0.4, 0.5) is 0 Å². The summed E-state index contributed by atoms with van der Waals surface area (Å²) in [5.74, 6) is 0. The molecule has 0 unspecified atom stereocenters. The second kappa shape index (κ2) is 9.89. The van der Waals surface area contributed by atoms with Gasteiger partial charge < -0.3 is 4.57 Å². The van der Waals surface area contributed by atoms with Gasteiger partial charge in [-0.3, -0.25) is 0 Å². The van der Waals surface area contributed by atoms with Crippen LogP contribution in [0, 0.1) is 34.0 Å². The van der Waals surface area contributed by atoms with Gasteiger partial charge in [0, 0.05) is 37.7 Å². The first-order chi connectivity index (χ1) is 8.18. The standard InChI is InChI=1S/C12H18N3OP/c13-7-3-1-2-4-10-17(16,11-5-8-14)12-6-9-15/h1-6,10-12H2. The SMILES string of the molecule is N#CCCCCCP(=O)(CCC#N)CCC#N. The maximum Gasteiger partial charge on any atom is 0.0897 e. The van der Waals surface area contributed by atoms with Gasteiger partial charge >= 0.3 is 0 Å². The number of hydrogen-bond donors (Lipinski definition) is 0. The van der Waals surface area contributed by atoms with E-state index in [0.29, 0.717) is 37.7 Å². The maximum absolute atomic E-state index is 12.4. The zero-order valence-corrected chi connectivity index (χ0v) is 11.0. The van der Waals surface area contributed by atoms with Crippen molar-refractivity contribution >= 4 is 7.14 Å². The molecule has 0 aliphatic rings. The van der Waals surface area contributed by atoms with Crippen LogP contribution in [0.5, 0.6) is 0 Å². The monoisotopic (exact) mass is 251 g/mol. The van der Waals surface area contributed by atoms with Crippen molar-refractivity contribution in [2.24, 2.45) is 0 Å². The van der Waals surface area contributed by atoms with Crippen LogP contribution in [-0.2, 0) is 4.57 Å². The first-order valence-corrected chi connectivity index (χ1v) is 8.13. The van der Waals surface area contributed by atoms with Crippen molar-refractivity contribution in [1.82, 2.24) is 0 Å². The molecular weight excluding hydrogens is 233 g/mol. The van der Waals surface area contributed by atoms with E-state index in [0.717, 1.165) is 19.3 Å². The summed E-state index contributed by atoms with van der Waals surface area (Å²) in [6.07, 6.45) is 5.20. The number of nitriles is 3. The van der Waals surface area contributed by atoms with Crippen molar-refractivity contribution < 1.29 is 4.57 Å². The van der Waals surface area contributed by atoms with Gasteiger partial charge in [0.1, 0.15) is 0 Å². The van der Waals surface area contributed by atoms with Crippen LogP contribution in [-0.4, -0.2) is 18.5 Å². The van der Waals surface area contributed by atoms with Crippen molar-refractivity contribution in [3.63, 3.8) is 0 Å². The molecule has 17 heavy (non-hydrogen) atoms. The van der Waals surface area contributed by atoms with E-state index >= 15 is 0 Å². The zero-order chi connectivity index (χ0) is 13.0. The van der Waals surface area contributed by atoms with Crippen LogP contribution in [0.15, 0.2) is 0 Å². The predicted molar refractivity (Wildman–Crippen MR) is 66.7 cm³/mol. The summed E-state index contributed by atoms with van der Waals surface area (Å²) in [7, 11) is -2.33. The lowest BCUT2D eigenvalue weighted by Crippen LogP contribution is -2.00. The van der Waals surface area contributed by atoms with E-state index in [4.69, 9.17) is 15.8 Å². The van der Waals surface area contributed by atoms with Gasteiger partial charge in [0.05, 0.1) is 25.3 Å². The first kappa shape index (κ1) is 15.7. The first-order valence-electron chi connectivity index (χ1n) is 5.86. The molecule has 0 saturated heterocycles. The second-order valence-corrected chi connectivity index (χ2v) is 7.47. The van der Waals surface area contributed by atoms with Crippen molar-refractivity contribution in [1.29, 1.82) is 15.8 Å². The van der Waals surface area contributed by atoms with E-state index < -0.39 is 7.14 Å². The minimum Gasteiger partial charge on any atom is -0.323 e. The molecule has 92 valence electrons. The van der Waals surface area contributed by atoms with E-state index in [1.807, 2.05) is 12.1 Å². The lowest BCUT2D eigenvalue weighted by Gasteiger charge is -2.15. The normalized spacial score (nSPS) is 10.2. The van der Waals surface area contributed by atoms with Gasteiger partial charge in [0.2, 0.25) is 0 Å². The largest absolute Gasteiger partial charge is 0.323 e. The Bertz CT molecular complexity index is 351. The minimum atomic E-state index is -2.33. The highest BCUT2D eigenvalue weighted by atomic mass is 31.2. The Kier molecular flexibility index (Phi) is 9.14. The molecule has 0 radical (unpaired) electrons. The van der Waals surface area contributed by atoms with Gasteiger partial charge in [-0.1, -0.05) is 6.42 Å². The zero-order valence-electron chi connectivity index (χ0n) is 10.1. The third-order valence-corrected chi connectivity index (χ3v) is 5.82. The molecule has 4 nitrogen and oxygen atoms in total. The number of unbranched alkanes of at least 4 members (excludes halogenated alkanes) is 3. The van der Waals surface area contributed by atoms with E-state index in [1.54, 1.807) is 0 Å². The Labute approximate surface area is 103 Å². The lowest BCUT2D eigenvalue weighted by atomic mass is 10.2. The van der Waals surface area contributed by atoms with Crippen molar-refractivity contribution in [3.05, 3.63) is 0 Å². The summed E-state index contributed by atoms with van der Waals surface area (Å²) in [5, 5.41) is 25.4. The van der Waals surface area contributed by atoms with Crippen molar-refractivity contribution in [2.45, 2.75) is 38.5 Å². The van der Waals surface area contributed by atoms with Crippen LogP contribution < -0.4 is 0 Å². The highest BCUT2D eigenvalue weighted by Crippen LogP contribution is 2.47. The summed E-state index contributed by atoms with van der Waals surface area (Å²) >= 11 is 0. The molecule has 5 heteroatoms. The van der Waals surface area contributed by atoms with Crippen LogP contribution in [0.25, 0.3) is 0 Å².